The zero-order chi connectivity index (χ0) is 11.9. The monoisotopic (exact) mass is 233 g/mol. The maximum absolute atomic E-state index is 5.33. The van der Waals surface area contributed by atoms with Crippen LogP contribution < -0.4 is 5.32 Å². The van der Waals surface area contributed by atoms with Crippen molar-refractivity contribution in [1.82, 2.24) is 5.32 Å². The topological polar surface area (TPSA) is 12.0 Å². The van der Waals surface area contributed by atoms with Crippen LogP contribution in [0.25, 0.3) is 0 Å². The van der Waals surface area contributed by atoms with Crippen molar-refractivity contribution in [1.29, 1.82) is 0 Å². The van der Waals surface area contributed by atoms with Gasteiger partial charge in [0, 0.05) is 19.0 Å². The van der Waals surface area contributed by atoms with Crippen LogP contribution in [0.4, 0.5) is 0 Å². The summed E-state index contributed by atoms with van der Waals surface area (Å²) >= 11 is 0. The van der Waals surface area contributed by atoms with E-state index in [9.17, 15) is 0 Å². The van der Waals surface area contributed by atoms with Crippen LogP contribution in [0.15, 0.2) is 0 Å². The summed E-state index contributed by atoms with van der Waals surface area (Å²) in [5.41, 5.74) is 0. The summed E-state index contributed by atoms with van der Waals surface area (Å²) in [6.45, 7) is 1.02. The van der Waals surface area contributed by atoms with Crippen molar-refractivity contribution < 1.29 is 0 Å². The predicted molar refractivity (Wildman–Crippen MR) is 73.8 cm³/mol. The summed E-state index contributed by atoms with van der Waals surface area (Å²) in [7, 11) is 0. The third kappa shape index (κ3) is 3.75. The maximum atomic E-state index is 5.33. The number of rotatable bonds is 4. The van der Waals surface area contributed by atoms with Gasteiger partial charge in [-0.3, -0.25) is 0 Å². The minimum Gasteiger partial charge on any atom is -0.313 e. The molecule has 96 valence electrons. The highest BCUT2D eigenvalue weighted by Crippen LogP contribution is 2.38. The highest BCUT2D eigenvalue weighted by Gasteiger charge is 2.31. The van der Waals surface area contributed by atoms with E-state index in [4.69, 9.17) is 6.42 Å². The predicted octanol–water partition coefficient (Wildman–Crippen LogP) is 3.74. The Morgan fingerprint density at radius 3 is 2.41 bits per heavy atom. The molecule has 0 bridgehead atoms. The van der Waals surface area contributed by atoms with E-state index >= 15 is 0 Å². The molecule has 0 aromatic heterocycles. The lowest BCUT2D eigenvalue weighted by Crippen LogP contribution is -2.42. The number of terminal acetylenes is 1. The summed E-state index contributed by atoms with van der Waals surface area (Å²) in [6.07, 6.45) is 19.3. The first-order chi connectivity index (χ1) is 8.42. The van der Waals surface area contributed by atoms with Crippen LogP contribution in [0.2, 0.25) is 0 Å². The van der Waals surface area contributed by atoms with E-state index in [1.165, 1.54) is 57.8 Å². The van der Waals surface area contributed by atoms with Gasteiger partial charge in [-0.25, -0.2) is 0 Å². The van der Waals surface area contributed by atoms with Crippen LogP contribution in [0.1, 0.15) is 64.2 Å². The molecule has 1 nitrogen and oxygen atoms in total. The Morgan fingerprint density at radius 2 is 1.65 bits per heavy atom. The van der Waals surface area contributed by atoms with Crippen LogP contribution in [-0.4, -0.2) is 12.6 Å². The maximum Gasteiger partial charge on any atom is 0.0212 e. The highest BCUT2D eigenvalue weighted by molar-refractivity contribution is 4.89. The van der Waals surface area contributed by atoms with Gasteiger partial charge in [-0.05, 0) is 24.7 Å². The van der Waals surface area contributed by atoms with Gasteiger partial charge in [0.25, 0.3) is 0 Å². The van der Waals surface area contributed by atoms with Gasteiger partial charge in [0.2, 0.25) is 0 Å². The fourth-order valence-corrected chi connectivity index (χ4v) is 3.87. The average Bonchev–Trinajstić information content (AvgIpc) is 2.41. The first kappa shape index (κ1) is 13.0. The molecule has 17 heavy (non-hydrogen) atoms. The quantitative estimate of drug-likeness (QED) is 0.576. The second-order valence-corrected chi connectivity index (χ2v) is 5.86. The Labute approximate surface area is 107 Å². The molecule has 0 aromatic rings. The van der Waals surface area contributed by atoms with Gasteiger partial charge in [-0.15, -0.1) is 12.3 Å². The summed E-state index contributed by atoms with van der Waals surface area (Å²) in [5.74, 6) is 4.69. The standard InChI is InChI=1S/C16H27N/c1-2-3-13-17-16-12-8-7-11-15(16)14-9-5-4-6-10-14/h1,14-17H,3-13H2. The van der Waals surface area contributed by atoms with Crippen LogP contribution in [0.5, 0.6) is 0 Å². The lowest BCUT2D eigenvalue weighted by Gasteiger charge is -2.39. The van der Waals surface area contributed by atoms with E-state index < -0.39 is 0 Å². The van der Waals surface area contributed by atoms with Crippen molar-refractivity contribution in [2.24, 2.45) is 11.8 Å². The van der Waals surface area contributed by atoms with Crippen LogP contribution in [0.3, 0.4) is 0 Å². The van der Waals surface area contributed by atoms with Gasteiger partial charge in [0.15, 0.2) is 0 Å². The summed E-state index contributed by atoms with van der Waals surface area (Å²) < 4.78 is 0. The minimum absolute atomic E-state index is 0.764. The smallest absolute Gasteiger partial charge is 0.0212 e. The molecule has 0 radical (unpaired) electrons. The molecule has 2 atom stereocenters. The molecule has 0 heterocycles. The van der Waals surface area contributed by atoms with Gasteiger partial charge in [-0.2, -0.15) is 0 Å². The molecule has 2 rings (SSSR count). The summed E-state index contributed by atoms with van der Waals surface area (Å²) in [6, 6.07) is 0.764. The molecular formula is C16H27N. The molecule has 1 N–H and O–H groups in total. The molecule has 2 aliphatic rings. The molecule has 2 aliphatic carbocycles. The van der Waals surface area contributed by atoms with E-state index in [2.05, 4.69) is 11.2 Å². The van der Waals surface area contributed by atoms with E-state index in [-0.39, 0.29) is 0 Å². The van der Waals surface area contributed by atoms with Gasteiger partial charge >= 0.3 is 0 Å². The fourth-order valence-electron chi connectivity index (χ4n) is 3.87. The normalized spacial score (nSPS) is 31.0. The lowest BCUT2D eigenvalue weighted by molar-refractivity contribution is 0.151. The molecule has 0 aromatic carbocycles. The summed E-state index contributed by atoms with van der Waals surface area (Å²) in [5, 5.41) is 3.73. The SMILES string of the molecule is C#CCCNC1CCCCC1C1CCCCC1. The average molecular weight is 233 g/mol. The second-order valence-electron chi connectivity index (χ2n) is 5.86. The van der Waals surface area contributed by atoms with E-state index in [0.717, 1.165) is 30.8 Å². The highest BCUT2D eigenvalue weighted by atomic mass is 14.9. The fraction of sp³-hybridized carbons (Fsp3) is 0.875. The second kappa shape index (κ2) is 7.07. The molecule has 0 saturated heterocycles. The number of nitrogens with one attached hydrogen (secondary N) is 1. The first-order valence-electron chi connectivity index (χ1n) is 7.58. The van der Waals surface area contributed by atoms with Gasteiger partial charge in [-0.1, -0.05) is 44.9 Å². The largest absolute Gasteiger partial charge is 0.313 e. The van der Waals surface area contributed by atoms with Crippen molar-refractivity contribution in [2.75, 3.05) is 6.54 Å². The molecule has 1 heteroatoms. The van der Waals surface area contributed by atoms with Gasteiger partial charge in [0.05, 0.1) is 0 Å². The van der Waals surface area contributed by atoms with Crippen LogP contribution >= 0.6 is 0 Å². The van der Waals surface area contributed by atoms with Crippen LogP contribution in [-0.2, 0) is 0 Å². The zero-order valence-corrected chi connectivity index (χ0v) is 11.1. The number of hydrogen-bond acceptors (Lipinski definition) is 1. The molecular weight excluding hydrogens is 206 g/mol. The van der Waals surface area contributed by atoms with Crippen molar-refractivity contribution >= 4 is 0 Å². The van der Waals surface area contributed by atoms with Crippen molar-refractivity contribution in [3.63, 3.8) is 0 Å². The van der Waals surface area contributed by atoms with E-state index in [1.807, 2.05) is 0 Å². The Balaban J connectivity index is 1.84. The van der Waals surface area contributed by atoms with Crippen molar-refractivity contribution in [3.8, 4) is 12.3 Å². The Bertz CT molecular complexity index is 247. The molecule has 0 spiro atoms. The Morgan fingerprint density at radius 1 is 0.941 bits per heavy atom. The van der Waals surface area contributed by atoms with Crippen LogP contribution in [0, 0.1) is 24.2 Å². The van der Waals surface area contributed by atoms with Crippen molar-refractivity contribution in [2.45, 2.75) is 70.3 Å². The molecule has 2 saturated carbocycles. The molecule has 2 fully saturated rings. The van der Waals surface area contributed by atoms with Crippen molar-refractivity contribution in [3.05, 3.63) is 0 Å². The Kier molecular flexibility index (Phi) is 5.39. The van der Waals surface area contributed by atoms with E-state index in [0.29, 0.717) is 0 Å². The first-order valence-corrected chi connectivity index (χ1v) is 7.58. The minimum atomic E-state index is 0.764. The van der Waals surface area contributed by atoms with Gasteiger partial charge < -0.3 is 5.32 Å². The third-order valence-corrected chi connectivity index (χ3v) is 4.75. The third-order valence-electron chi connectivity index (χ3n) is 4.75. The molecule has 0 aliphatic heterocycles. The van der Waals surface area contributed by atoms with Gasteiger partial charge in [0.1, 0.15) is 0 Å². The number of hydrogen-bond donors (Lipinski definition) is 1. The molecule has 2 unspecified atom stereocenters. The molecule has 0 amide bonds. The van der Waals surface area contributed by atoms with E-state index in [1.54, 1.807) is 0 Å². The Hall–Kier alpha value is -0.480. The lowest BCUT2D eigenvalue weighted by atomic mass is 9.71. The zero-order valence-electron chi connectivity index (χ0n) is 11.1. The summed E-state index contributed by atoms with van der Waals surface area (Å²) in [4.78, 5) is 0.